The third-order valence-corrected chi connectivity index (χ3v) is 11.6. The predicted molar refractivity (Wildman–Crippen MR) is 233 cm³/mol. The van der Waals surface area contributed by atoms with E-state index in [0.29, 0.717) is 0 Å². The van der Waals surface area contributed by atoms with Crippen LogP contribution in [-0.2, 0) is 0 Å². The number of anilines is 3. The van der Waals surface area contributed by atoms with Gasteiger partial charge in [0, 0.05) is 37.0 Å². The van der Waals surface area contributed by atoms with E-state index in [0.717, 1.165) is 17.1 Å². The number of benzene rings is 9. The van der Waals surface area contributed by atoms with Crippen LogP contribution in [0.1, 0.15) is 0 Å². The summed E-state index contributed by atoms with van der Waals surface area (Å²) in [5.74, 6) is 0. The normalized spacial score (nSPS) is 11.3. The summed E-state index contributed by atoms with van der Waals surface area (Å²) in [6.45, 7) is 0. The third kappa shape index (κ3) is 5.65. The molecule has 0 aliphatic rings. The first-order chi connectivity index (χ1) is 26.8. The van der Waals surface area contributed by atoms with Gasteiger partial charge < -0.3 is 4.90 Å². The van der Waals surface area contributed by atoms with Crippen LogP contribution >= 0.6 is 11.3 Å². The standard InChI is InChI=1S/C52H35NS/c1-4-16-36(17-5-1)40-23-14-24-42(34-40)53(48-32-30-41(37-18-6-2-7-19-37)35-46(48)38-20-8-3-9-21-38)47-28-12-10-25-43(47)44-27-15-22-39-31-33-50-52(51(39)44)45-26-11-13-29-49(45)54-50/h1-35H. The maximum atomic E-state index is 2.48. The first kappa shape index (κ1) is 32.0. The molecular formula is C52H35NS. The molecule has 2 heteroatoms. The summed E-state index contributed by atoms with van der Waals surface area (Å²) in [6.07, 6.45) is 0. The Labute approximate surface area is 319 Å². The average Bonchev–Trinajstić information content (AvgIpc) is 3.64. The zero-order valence-electron chi connectivity index (χ0n) is 29.6. The summed E-state index contributed by atoms with van der Waals surface area (Å²) in [7, 11) is 0. The van der Waals surface area contributed by atoms with Crippen LogP contribution in [0, 0.1) is 0 Å². The van der Waals surface area contributed by atoms with Crippen molar-refractivity contribution >= 4 is 59.3 Å². The molecule has 10 aromatic rings. The number of hydrogen-bond acceptors (Lipinski definition) is 2. The van der Waals surface area contributed by atoms with E-state index in [1.807, 2.05) is 11.3 Å². The van der Waals surface area contributed by atoms with Gasteiger partial charge in [-0.2, -0.15) is 0 Å². The number of fused-ring (bicyclic) bond motifs is 5. The molecule has 0 bridgehead atoms. The van der Waals surface area contributed by atoms with Crippen molar-refractivity contribution in [3.63, 3.8) is 0 Å². The van der Waals surface area contributed by atoms with Crippen molar-refractivity contribution in [1.82, 2.24) is 0 Å². The maximum Gasteiger partial charge on any atom is 0.0540 e. The summed E-state index contributed by atoms with van der Waals surface area (Å²) in [6, 6.07) is 77.2. The smallest absolute Gasteiger partial charge is 0.0540 e. The van der Waals surface area contributed by atoms with Crippen molar-refractivity contribution in [3.05, 3.63) is 212 Å². The summed E-state index contributed by atoms with van der Waals surface area (Å²) in [5.41, 5.74) is 12.8. The molecule has 54 heavy (non-hydrogen) atoms. The quantitative estimate of drug-likeness (QED) is 0.160. The van der Waals surface area contributed by atoms with Crippen molar-refractivity contribution in [2.75, 3.05) is 4.90 Å². The number of nitrogens with zero attached hydrogens (tertiary/aromatic N) is 1. The Morgan fingerprint density at radius 3 is 1.69 bits per heavy atom. The van der Waals surface area contributed by atoms with Gasteiger partial charge in [0.05, 0.1) is 11.4 Å². The Hall–Kier alpha value is -6.74. The van der Waals surface area contributed by atoms with Crippen LogP contribution in [0.25, 0.3) is 75.5 Å². The minimum absolute atomic E-state index is 1.10. The molecule has 1 heterocycles. The lowest BCUT2D eigenvalue weighted by molar-refractivity contribution is 1.28. The minimum atomic E-state index is 1.10. The summed E-state index contributed by atoms with van der Waals surface area (Å²) in [5, 5.41) is 5.17. The highest BCUT2D eigenvalue weighted by Crippen LogP contribution is 2.49. The molecule has 9 aromatic carbocycles. The molecule has 0 aliphatic heterocycles. The fourth-order valence-electron chi connectivity index (χ4n) is 7.97. The van der Waals surface area contributed by atoms with Crippen LogP contribution < -0.4 is 4.90 Å². The number of thiophene rings is 1. The Balaban J connectivity index is 1.27. The highest BCUT2D eigenvalue weighted by Gasteiger charge is 2.23. The first-order valence-electron chi connectivity index (χ1n) is 18.4. The zero-order chi connectivity index (χ0) is 35.8. The van der Waals surface area contributed by atoms with Gasteiger partial charge in [-0.15, -0.1) is 11.3 Å². The van der Waals surface area contributed by atoms with E-state index in [9.17, 15) is 0 Å². The van der Waals surface area contributed by atoms with Gasteiger partial charge in [0.2, 0.25) is 0 Å². The van der Waals surface area contributed by atoms with Crippen LogP contribution in [0.2, 0.25) is 0 Å². The molecule has 0 unspecified atom stereocenters. The summed E-state index contributed by atoms with van der Waals surface area (Å²) in [4.78, 5) is 2.48. The lowest BCUT2D eigenvalue weighted by atomic mass is 9.92. The molecule has 254 valence electrons. The van der Waals surface area contributed by atoms with Crippen LogP contribution in [0.4, 0.5) is 17.1 Å². The topological polar surface area (TPSA) is 3.24 Å². The van der Waals surface area contributed by atoms with Gasteiger partial charge in [-0.25, -0.2) is 0 Å². The van der Waals surface area contributed by atoms with Gasteiger partial charge in [0.25, 0.3) is 0 Å². The van der Waals surface area contributed by atoms with E-state index < -0.39 is 0 Å². The molecule has 0 aliphatic carbocycles. The predicted octanol–water partition coefficient (Wildman–Crippen LogP) is 15.3. The monoisotopic (exact) mass is 705 g/mol. The molecule has 1 nitrogen and oxygen atoms in total. The molecular weight excluding hydrogens is 671 g/mol. The second kappa shape index (κ2) is 13.7. The Bertz CT molecular complexity index is 2930. The maximum absolute atomic E-state index is 2.48. The molecule has 0 N–H and O–H groups in total. The molecule has 0 atom stereocenters. The molecule has 0 fully saturated rings. The lowest BCUT2D eigenvalue weighted by Gasteiger charge is -2.31. The van der Waals surface area contributed by atoms with Gasteiger partial charge in [-0.05, 0) is 86.6 Å². The third-order valence-electron chi connectivity index (χ3n) is 10.5. The molecule has 0 saturated carbocycles. The number of hydrogen-bond donors (Lipinski definition) is 0. The van der Waals surface area contributed by atoms with E-state index in [1.165, 1.54) is 75.5 Å². The lowest BCUT2D eigenvalue weighted by Crippen LogP contribution is -2.13. The van der Waals surface area contributed by atoms with E-state index in [2.05, 4.69) is 217 Å². The van der Waals surface area contributed by atoms with Crippen LogP contribution in [0.15, 0.2) is 212 Å². The molecule has 0 saturated heterocycles. The minimum Gasteiger partial charge on any atom is -0.309 e. The van der Waals surface area contributed by atoms with Crippen LogP contribution in [0.3, 0.4) is 0 Å². The fraction of sp³-hybridized carbons (Fsp3) is 0. The van der Waals surface area contributed by atoms with E-state index in [1.54, 1.807) is 0 Å². The molecule has 1 aromatic heterocycles. The largest absolute Gasteiger partial charge is 0.309 e. The number of para-hydroxylation sites is 1. The second-order valence-electron chi connectivity index (χ2n) is 13.7. The first-order valence-corrected chi connectivity index (χ1v) is 19.2. The molecule has 0 radical (unpaired) electrons. The Kier molecular flexibility index (Phi) is 8.09. The van der Waals surface area contributed by atoms with E-state index in [-0.39, 0.29) is 0 Å². The zero-order valence-corrected chi connectivity index (χ0v) is 30.4. The molecule has 0 spiro atoms. The van der Waals surface area contributed by atoms with Crippen LogP contribution in [-0.4, -0.2) is 0 Å². The molecule has 10 rings (SSSR count). The van der Waals surface area contributed by atoms with Gasteiger partial charge in [0.15, 0.2) is 0 Å². The van der Waals surface area contributed by atoms with Gasteiger partial charge in [-0.1, -0.05) is 170 Å². The van der Waals surface area contributed by atoms with Crippen molar-refractivity contribution in [2.45, 2.75) is 0 Å². The highest BCUT2D eigenvalue weighted by molar-refractivity contribution is 7.26. The van der Waals surface area contributed by atoms with E-state index >= 15 is 0 Å². The Morgan fingerprint density at radius 1 is 0.315 bits per heavy atom. The highest BCUT2D eigenvalue weighted by atomic mass is 32.1. The summed E-state index contributed by atoms with van der Waals surface area (Å²) < 4.78 is 2.62. The SMILES string of the molecule is c1ccc(-c2cccc(N(c3ccc(-c4ccccc4)cc3-c3ccccc3)c3ccccc3-c3cccc4ccc5sc6ccccc6c5c34)c2)cc1. The van der Waals surface area contributed by atoms with Crippen LogP contribution in [0.5, 0.6) is 0 Å². The van der Waals surface area contributed by atoms with Crippen molar-refractivity contribution in [3.8, 4) is 44.5 Å². The van der Waals surface area contributed by atoms with E-state index in [4.69, 9.17) is 0 Å². The van der Waals surface area contributed by atoms with Gasteiger partial charge in [-0.3, -0.25) is 0 Å². The second-order valence-corrected chi connectivity index (χ2v) is 14.8. The molecule has 0 amide bonds. The van der Waals surface area contributed by atoms with Gasteiger partial charge in [0.1, 0.15) is 0 Å². The van der Waals surface area contributed by atoms with Crippen molar-refractivity contribution < 1.29 is 0 Å². The van der Waals surface area contributed by atoms with Crippen molar-refractivity contribution in [2.24, 2.45) is 0 Å². The summed E-state index contributed by atoms with van der Waals surface area (Å²) >= 11 is 1.87. The van der Waals surface area contributed by atoms with Crippen molar-refractivity contribution in [1.29, 1.82) is 0 Å². The Morgan fingerprint density at radius 2 is 0.907 bits per heavy atom. The number of rotatable bonds is 7. The van der Waals surface area contributed by atoms with Gasteiger partial charge >= 0.3 is 0 Å². The fourth-order valence-corrected chi connectivity index (χ4v) is 9.08. The average molecular weight is 706 g/mol.